The minimum absolute atomic E-state index is 0. The topological polar surface area (TPSA) is 93.2 Å². The minimum Gasteiger partial charge on any atom is -1.00 e. The number of hydrogen-bond donors (Lipinski definition) is 0. The van der Waals surface area contributed by atoms with Crippen LogP contribution in [0.15, 0.2) is 48.5 Å². The Morgan fingerprint density at radius 2 is 0.905 bits per heavy atom. The zero-order valence-corrected chi connectivity index (χ0v) is 29.0. The quantitative estimate of drug-likeness (QED) is 0.215. The fourth-order valence-corrected chi connectivity index (χ4v) is 4.26. The predicted octanol–water partition coefficient (Wildman–Crippen LogP) is -2.41. The van der Waals surface area contributed by atoms with Gasteiger partial charge >= 0.3 is 12.2 Å². The highest BCUT2D eigenvalue weighted by molar-refractivity contribution is 5.87. The molecule has 12 heteroatoms. The number of nitrogens with zero attached hydrogens (tertiary/aromatic N) is 4. The summed E-state index contributed by atoms with van der Waals surface area (Å²) >= 11 is 0. The molecule has 0 aliphatic heterocycles. The minimum atomic E-state index is -0.466. The second kappa shape index (κ2) is 17.3. The Morgan fingerprint density at radius 3 is 1.21 bits per heavy atom. The van der Waals surface area contributed by atoms with E-state index in [1.165, 1.54) is 9.80 Å². The molecule has 2 amide bonds. The summed E-state index contributed by atoms with van der Waals surface area (Å²) in [4.78, 5) is 52.5. The lowest BCUT2D eigenvalue weighted by Gasteiger charge is -2.30. The van der Waals surface area contributed by atoms with E-state index in [-0.39, 0.29) is 71.5 Å². The first kappa shape index (κ1) is 39.2. The number of hydrogen-bond acceptors (Lipinski definition) is 6. The Balaban J connectivity index is 0.00000840. The first-order chi connectivity index (χ1) is 18.6. The molecule has 0 radical (unpaired) electrons. The number of quaternary nitrogens is 2. The van der Waals surface area contributed by atoms with Crippen molar-refractivity contribution in [1.82, 2.24) is 9.80 Å². The highest BCUT2D eigenvalue weighted by atomic mass is 79.9. The van der Waals surface area contributed by atoms with E-state index in [2.05, 4.69) is 0 Å². The van der Waals surface area contributed by atoms with Crippen molar-refractivity contribution in [2.24, 2.45) is 0 Å². The molecule has 0 unspecified atom stereocenters. The summed E-state index contributed by atoms with van der Waals surface area (Å²) in [6.45, 7) is 1.45. The number of ketones is 2. The zero-order valence-electron chi connectivity index (χ0n) is 25.9. The third kappa shape index (κ3) is 13.5. The maximum Gasteiger partial charge on any atom is 0.414 e. The van der Waals surface area contributed by atoms with Crippen molar-refractivity contribution in [3.8, 4) is 11.5 Å². The SMILES string of the molecule is CN(C)C(=O)Oc1ccccc1C[N+](C)(C)CC(=O)CCC(=O)C[N+](C)(C)Cc1ccccc1OC(=O)N(C)C.[Br-].[Br-]. The lowest BCUT2D eigenvalue weighted by atomic mass is 10.1. The van der Waals surface area contributed by atoms with E-state index in [1.807, 2.05) is 52.5 Å². The molecule has 10 nitrogen and oxygen atoms in total. The summed E-state index contributed by atoms with van der Waals surface area (Å²) in [5, 5.41) is 0. The van der Waals surface area contributed by atoms with Crippen LogP contribution in [0.4, 0.5) is 9.59 Å². The molecule has 234 valence electrons. The Morgan fingerprint density at radius 1 is 0.595 bits per heavy atom. The fraction of sp³-hybridized carbons (Fsp3) is 0.467. The predicted molar refractivity (Wildman–Crippen MR) is 153 cm³/mol. The van der Waals surface area contributed by atoms with Gasteiger partial charge in [-0.15, -0.1) is 0 Å². The van der Waals surface area contributed by atoms with Crippen LogP contribution in [-0.4, -0.2) is 112 Å². The largest absolute Gasteiger partial charge is 1.00 e. The van der Waals surface area contributed by atoms with Gasteiger partial charge < -0.3 is 62.2 Å². The number of likely N-dealkylation sites (N-methyl/N-ethyl adjacent to an activating group) is 2. The monoisotopic (exact) mass is 714 g/mol. The second-order valence-corrected chi connectivity index (χ2v) is 11.8. The van der Waals surface area contributed by atoms with E-state index in [1.54, 1.807) is 52.5 Å². The normalized spacial score (nSPS) is 11.0. The van der Waals surface area contributed by atoms with Crippen LogP contribution < -0.4 is 43.4 Å². The molecule has 0 heterocycles. The van der Waals surface area contributed by atoms with E-state index >= 15 is 0 Å². The van der Waals surface area contributed by atoms with E-state index in [9.17, 15) is 19.2 Å². The van der Waals surface area contributed by atoms with Crippen LogP contribution in [-0.2, 0) is 22.7 Å². The maximum atomic E-state index is 12.8. The van der Waals surface area contributed by atoms with Crippen molar-refractivity contribution >= 4 is 23.8 Å². The van der Waals surface area contributed by atoms with E-state index in [0.717, 1.165) is 11.1 Å². The Hall–Kier alpha value is -2.80. The molecular weight excluding hydrogens is 672 g/mol. The lowest BCUT2D eigenvalue weighted by molar-refractivity contribution is -0.896. The molecule has 0 atom stereocenters. The molecule has 2 aromatic carbocycles. The second-order valence-electron chi connectivity index (χ2n) is 11.8. The molecule has 0 saturated carbocycles. The van der Waals surface area contributed by atoms with Crippen LogP contribution in [0, 0.1) is 0 Å². The lowest BCUT2D eigenvalue weighted by Crippen LogP contribution is -3.00. The summed E-state index contributed by atoms with van der Waals surface area (Å²) < 4.78 is 11.7. The van der Waals surface area contributed by atoms with E-state index in [0.29, 0.717) is 33.6 Å². The molecule has 0 aliphatic carbocycles. The smallest absolute Gasteiger partial charge is 0.414 e. The molecule has 0 saturated heterocycles. The summed E-state index contributed by atoms with van der Waals surface area (Å²) in [6.07, 6.45) is -0.609. The Bertz CT molecular complexity index is 1120. The maximum absolute atomic E-state index is 12.8. The zero-order chi connectivity index (χ0) is 30.1. The molecule has 0 bridgehead atoms. The fourth-order valence-electron chi connectivity index (χ4n) is 4.26. The third-order valence-corrected chi connectivity index (χ3v) is 6.16. The first-order valence-corrected chi connectivity index (χ1v) is 13.2. The summed E-state index contributed by atoms with van der Waals surface area (Å²) in [7, 11) is 14.2. The molecule has 42 heavy (non-hydrogen) atoms. The van der Waals surface area contributed by atoms with Gasteiger partial charge in [0, 0.05) is 52.2 Å². The Labute approximate surface area is 270 Å². The van der Waals surface area contributed by atoms with Gasteiger partial charge in [-0.25, -0.2) is 9.59 Å². The van der Waals surface area contributed by atoms with Gasteiger partial charge in [0.2, 0.25) is 0 Å². The Kier molecular flexibility index (Phi) is 16.2. The van der Waals surface area contributed by atoms with Crippen molar-refractivity contribution in [3.63, 3.8) is 0 Å². The first-order valence-electron chi connectivity index (χ1n) is 13.2. The van der Waals surface area contributed by atoms with Crippen LogP contribution in [0.3, 0.4) is 0 Å². The average molecular weight is 717 g/mol. The van der Waals surface area contributed by atoms with Crippen LogP contribution in [0.5, 0.6) is 11.5 Å². The van der Waals surface area contributed by atoms with Gasteiger partial charge in [0.05, 0.1) is 28.2 Å². The van der Waals surface area contributed by atoms with Crippen molar-refractivity contribution in [1.29, 1.82) is 0 Å². The van der Waals surface area contributed by atoms with Gasteiger partial charge in [0.25, 0.3) is 0 Å². The van der Waals surface area contributed by atoms with Gasteiger partial charge in [0.1, 0.15) is 37.7 Å². The van der Waals surface area contributed by atoms with Gasteiger partial charge in [0.15, 0.2) is 11.6 Å². The van der Waals surface area contributed by atoms with Crippen LogP contribution >= 0.6 is 0 Å². The van der Waals surface area contributed by atoms with Gasteiger partial charge in [-0.3, -0.25) is 9.59 Å². The number of halogens is 2. The van der Waals surface area contributed by atoms with Crippen molar-refractivity contribution in [3.05, 3.63) is 59.7 Å². The van der Waals surface area contributed by atoms with Crippen LogP contribution in [0.2, 0.25) is 0 Å². The molecule has 0 N–H and O–H groups in total. The third-order valence-electron chi connectivity index (χ3n) is 6.16. The number of ether oxygens (including phenoxy) is 2. The van der Waals surface area contributed by atoms with Crippen LogP contribution in [0.1, 0.15) is 24.0 Å². The highest BCUT2D eigenvalue weighted by Crippen LogP contribution is 2.24. The van der Waals surface area contributed by atoms with Crippen molar-refractivity contribution in [2.75, 3.05) is 69.5 Å². The number of para-hydroxylation sites is 2. The summed E-state index contributed by atoms with van der Waals surface area (Å²) in [5.41, 5.74) is 1.64. The van der Waals surface area contributed by atoms with Crippen molar-refractivity contribution < 1.29 is 71.6 Å². The van der Waals surface area contributed by atoms with Gasteiger partial charge in [-0.1, -0.05) is 24.3 Å². The standard InChI is InChI=1S/C30H44N4O6.2BrH/c1-31(2)29(37)39-27-15-11-9-13-23(27)19-33(5,6)21-25(35)17-18-26(36)22-34(7,8)20-24-14-10-12-16-28(24)40-30(38)32(3)4;;/h9-16H,17-22H2,1-8H3;2*1H/q+2;;/p-2. The molecule has 0 aliphatic rings. The van der Waals surface area contributed by atoms with Gasteiger partial charge in [-0.2, -0.15) is 0 Å². The molecule has 2 aromatic rings. The van der Waals surface area contributed by atoms with Gasteiger partial charge in [-0.05, 0) is 24.3 Å². The number of benzene rings is 2. The van der Waals surface area contributed by atoms with Crippen LogP contribution in [0.25, 0.3) is 0 Å². The van der Waals surface area contributed by atoms with E-state index in [4.69, 9.17) is 9.47 Å². The molecule has 0 aromatic heterocycles. The summed E-state index contributed by atoms with van der Waals surface area (Å²) in [5.74, 6) is 0.917. The summed E-state index contributed by atoms with van der Waals surface area (Å²) in [6, 6.07) is 14.6. The number of amides is 2. The number of carbonyl (C=O) groups is 4. The van der Waals surface area contributed by atoms with E-state index < -0.39 is 12.2 Å². The average Bonchev–Trinajstić information content (AvgIpc) is 2.84. The molecule has 2 rings (SSSR count). The molecule has 0 spiro atoms. The number of Topliss-reactive ketones (excluding diaryl/α,β-unsaturated/α-hetero) is 2. The number of rotatable bonds is 13. The number of carbonyl (C=O) groups excluding carboxylic acids is 4. The molecular formula is C30H44Br2N4O6. The highest BCUT2D eigenvalue weighted by Gasteiger charge is 2.26. The molecule has 0 fully saturated rings. The van der Waals surface area contributed by atoms with Crippen molar-refractivity contribution in [2.45, 2.75) is 25.9 Å².